The number of aromatic nitrogens is 2. The highest BCUT2D eigenvalue weighted by Crippen LogP contribution is 2.16. The molecule has 0 aliphatic carbocycles. The van der Waals surface area contributed by atoms with Gasteiger partial charge in [-0.15, -0.1) is 0 Å². The molecule has 0 bridgehead atoms. The zero-order valence-corrected chi connectivity index (χ0v) is 19.3. The SMILES string of the molecule is NC(CCC(=O)Nc1ccc2ccccc2n1)NC(N)CCC(=O)Nc1ccc2ccccc2n1. The predicted molar refractivity (Wildman–Crippen MR) is 138 cm³/mol. The quantitative estimate of drug-likeness (QED) is 0.223. The normalized spacial score (nSPS) is 12.9. The van der Waals surface area contributed by atoms with Gasteiger partial charge in [0.2, 0.25) is 11.8 Å². The number of amides is 2. The molecule has 2 heterocycles. The number of carbonyl (C=O) groups is 2. The minimum absolute atomic E-state index is 0.180. The summed E-state index contributed by atoms with van der Waals surface area (Å²) in [5, 5.41) is 10.6. The van der Waals surface area contributed by atoms with Gasteiger partial charge in [-0.05, 0) is 49.2 Å². The summed E-state index contributed by atoms with van der Waals surface area (Å²) in [6.07, 6.45) is 0.240. The summed E-state index contributed by atoms with van der Waals surface area (Å²) in [5.74, 6) is 0.638. The Morgan fingerprint density at radius 2 is 1.09 bits per heavy atom. The molecule has 0 aliphatic heterocycles. The molecule has 2 atom stereocenters. The molecule has 9 heteroatoms. The molecule has 9 nitrogen and oxygen atoms in total. The maximum Gasteiger partial charge on any atom is 0.225 e. The Bertz CT molecular complexity index is 1230. The van der Waals surface area contributed by atoms with Gasteiger partial charge in [-0.1, -0.05) is 36.4 Å². The Labute approximate surface area is 203 Å². The summed E-state index contributed by atoms with van der Waals surface area (Å²) < 4.78 is 0. The second-order valence-electron chi connectivity index (χ2n) is 8.33. The van der Waals surface area contributed by atoms with Crippen LogP contribution in [0.1, 0.15) is 25.7 Å². The third-order valence-corrected chi connectivity index (χ3v) is 5.52. The monoisotopic (exact) mass is 471 g/mol. The lowest BCUT2D eigenvalue weighted by Crippen LogP contribution is -2.49. The number of pyridine rings is 2. The summed E-state index contributed by atoms with van der Waals surface area (Å²) in [4.78, 5) is 33.4. The van der Waals surface area contributed by atoms with Gasteiger partial charge < -0.3 is 22.1 Å². The number of nitrogens with two attached hydrogens (primary N) is 2. The van der Waals surface area contributed by atoms with E-state index in [4.69, 9.17) is 11.5 Å². The number of carbonyl (C=O) groups excluding carboxylic acids is 2. The van der Waals surface area contributed by atoms with Crippen molar-refractivity contribution in [2.24, 2.45) is 11.5 Å². The van der Waals surface area contributed by atoms with Crippen LogP contribution in [0.15, 0.2) is 72.8 Å². The van der Waals surface area contributed by atoms with Crippen molar-refractivity contribution >= 4 is 45.3 Å². The Balaban J connectivity index is 1.16. The molecule has 4 rings (SSSR count). The molecule has 35 heavy (non-hydrogen) atoms. The van der Waals surface area contributed by atoms with Crippen molar-refractivity contribution < 1.29 is 9.59 Å². The van der Waals surface area contributed by atoms with Crippen LogP contribution in [0.25, 0.3) is 21.8 Å². The maximum absolute atomic E-state index is 12.3. The average molecular weight is 472 g/mol. The van der Waals surface area contributed by atoms with E-state index in [1.54, 1.807) is 12.1 Å². The van der Waals surface area contributed by atoms with Crippen molar-refractivity contribution in [3.63, 3.8) is 0 Å². The molecule has 0 aliphatic rings. The molecule has 2 aromatic heterocycles. The molecular weight excluding hydrogens is 442 g/mol. The number of nitrogens with one attached hydrogen (secondary N) is 3. The number of rotatable bonds is 10. The molecular formula is C26H29N7O2. The van der Waals surface area contributed by atoms with Gasteiger partial charge in [0.1, 0.15) is 11.6 Å². The third kappa shape index (κ3) is 7.03. The van der Waals surface area contributed by atoms with Gasteiger partial charge in [-0.2, -0.15) is 0 Å². The van der Waals surface area contributed by atoms with Gasteiger partial charge in [0, 0.05) is 23.6 Å². The molecule has 2 unspecified atom stereocenters. The van der Waals surface area contributed by atoms with Crippen LogP contribution < -0.4 is 27.4 Å². The fraction of sp³-hybridized carbons (Fsp3) is 0.231. The van der Waals surface area contributed by atoms with E-state index < -0.39 is 12.3 Å². The highest BCUT2D eigenvalue weighted by atomic mass is 16.2. The van der Waals surface area contributed by atoms with Crippen molar-refractivity contribution in [1.82, 2.24) is 15.3 Å². The van der Waals surface area contributed by atoms with E-state index in [2.05, 4.69) is 25.9 Å². The molecule has 7 N–H and O–H groups in total. The fourth-order valence-corrected chi connectivity index (χ4v) is 3.70. The lowest BCUT2D eigenvalue weighted by Gasteiger charge is -2.19. The predicted octanol–water partition coefficient (Wildman–Crippen LogP) is 3.08. The first-order valence-corrected chi connectivity index (χ1v) is 11.5. The molecule has 2 aromatic carbocycles. The minimum Gasteiger partial charge on any atom is -0.316 e. The Morgan fingerprint density at radius 1 is 0.657 bits per heavy atom. The second-order valence-corrected chi connectivity index (χ2v) is 8.33. The van der Waals surface area contributed by atoms with E-state index in [-0.39, 0.29) is 24.7 Å². The summed E-state index contributed by atoms with van der Waals surface area (Å²) in [6, 6.07) is 22.8. The number of hydrogen-bond acceptors (Lipinski definition) is 7. The van der Waals surface area contributed by atoms with Crippen molar-refractivity contribution in [2.75, 3.05) is 10.6 Å². The first-order chi connectivity index (χ1) is 17.0. The standard InChI is InChI=1S/C26H29N7O2/c27-21(11-15-25(34)32-23-13-9-17-5-1-3-7-19(17)29-23)31-22(28)12-16-26(35)33-24-14-10-18-6-2-4-8-20(18)30-24/h1-10,13-14,21-22,31H,11-12,15-16,27-28H2,(H,29,32,34)(H,30,33,35). The van der Waals surface area contributed by atoms with Crippen LogP contribution in [0.2, 0.25) is 0 Å². The molecule has 0 fully saturated rings. The van der Waals surface area contributed by atoms with Crippen LogP contribution in [0.5, 0.6) is 0 Å². The largest absolute Gasteiger partial charge is 0.316 e. The Hall–Kier alpha value is -3.92. The molecule has 180 valence electrons. The van der Waals surface area contributed by atoms with Gasteiger partial charge >= 0.3 is 0 Å². The van der Waals surface area contributed by atoms with E-state index >= 15 is 0 Å². The van der Waals surface area contributed by atoms with E-state index in [0.717, 1.165) is 21.8 Å². The summed E-state index contributed by atoms with van der Waals surface area (Å²) in [7, 11) is 0. The fourth-order valence-electron chi connectivity index (χ4n) is 3.70. The molecule has 2 amide bonds. The molecule has 0 saturated heterocycles. The third-order valence-electron chi connectivity index (χ3n) is 5.52. The van der Waals surface area contributed by atoms with E-state index in [1.807, 2.05) is 60.7 Å². The van der Waals surface area contributed by atoms with Crippen LogP contribution in [-0.4, -0.2) is 34.1 Å². The van der Waals surface area contributed by atoms with Crippen molar-refractivity contribution in [3.05, 3.63) is 72.8 Å². The number of nitrogens with zero attached hydrogens (tertiary/aromatic N) is 2. The Morgan fingerprint density at radius 3 is 1.54 bits per heavy atom. The van der Waals surface area contributed by atoms with Crippen LogP contribution >= 0.6 is 0 Å². The summed E-state index contributed by atoms with van der Waals surface area (Å²) in [5.41, 5.74) is 13.8. The minimum atomic E-state index is -0.481. The van der Waals surface area contributed by atoms with Crippen molar-refractivity contribution in [3.8, 4) is 0 Å². The Kier molecular flexibility index (Phi) is 7.94. The first-order valence-electron chi connectivity index (χ1n) is 11.5. The summed E-state index contributed by atoms with van der Waals surface area (Å²) >= 11 is 0. The zero-order valence-electron chi connectivity index (χ0n) is 19.3. The highest BCUT2D eigenvalue weighted by molar-refractivity contribution is 5.92. The second kappa shape index (κ2) is 11.5. The number of hydrogen-bond donors (Lipinski definition) is 5. The maximum atomic E-state index is 12.3. The van der Waals surface area contributed by atoms with Gasteiger partial charge in [0.05, 0.1) is 23.4 Å². The molecule has 0 radical (unpaired) electrons. The van der Waals surface area contributed by atoms with E-state index in [9.17, 15) is 9.59 Å². The number of para-hydroxylation sites is 2. The molecule has 0 spiro atoms. The highest BCUT2D eigenvalue weighted by Gasteiger charge is 2.13. The van der Waals surface area contributed by atoms with Crippen LogP contribution in [0.4, 0.5) is 11.6 Å². The van der Waals surface area contributed by atoms with Gasteiger partial charge in [-0.25, -0.2) is 9.97 Å². The van der Waals surface area contributed by atoms with Gasteiger partial charge in [-0.3, -0.25) is 14.9 Å². The van der Waals surface area contributed by atoms with Crippen LogP contribution in [0.3, 0.4) is 0 Å². The first kappa shape index (κ1) is 24.2. The zero-order chi connectivity index (χ0) is 24.6. The number of fused-ring (bicyclic) bond motifs is 2. The lowest BCUT2D eigenvalue weighted by atomic mass is 10.2. The topological polar surface area (TPSA) is 148 Å². The smallest absolute Gasteiger partial charge is 0.225 e. The van der Waals surface area contributed by atoms with Crippen molar-refractivity contribution in [1.29, 1.82) is 0 Å². The lowest BCUT2D eigenvalue weighted by molar-refractivity contribution is -0.117. The average Bonchev–Trinajstić information content (AvgIpc) is 2.86. The summed E-state index contributed by atoms with van der Waals surface area (Å²) in [6.45, 7) is 0. The van der Waals surface area contributed by atoms with Gasteiger partial charge in [0.15, 0.2) is 0 Å². The van der Waals surface area contributed by atoms with Crippen molar-refractivity contribution in [2.45, 2.75) is 38.0 Å². The number of benzene rings is 2. The molecule has 0 saturated carbocycles. The van der Waals surface area contributed by atoms with E-state index in [0.29, 0.717) is 24.5 Å². The van der Waals surface area contributed by atoms with E-state index in [1.165, 1.54) is 0 Å². The molecule has 4 aromatic rings. The van der Waals surface area contributed by atoms with Crippen LogP contribution in [0, 0.1) is 0 Å². The van der Waals surface area contributed by atoms with Crippen LogP contribution in [-0.2, 0) is 9.59 Å². The van der Waals surface area contributed by atoms with Gasteiger partial charge in [0.25, 0.3) is 0 Å². The number of anilines is 2.